The van der Waals surface area contributed by atoms with Crippen molar-refractivity contribution in [2.45, 2.75) is 17.9 Å². The van der Waals surface area contributed by atoms with Gasteiger partial charge in [0.1, 0.15) is 13.3 Å². The van der Waals surface area contributed by atoms with Crippen molar-refractivity contribution in [3.8, 4) is 0 Å². The van der Waals surface area contributed by atoms with Crippen molar-refractivity contribution < 1.29 is 31.3 Å². The third-order valence-electron chi connectivity index (χ3n) is 2.57. The van der Waals surface area contributed by atoms with Crippen LogP contribution in [-0.2, 0) is 28.6 Å². The lowest BCUT2D eigenvalue weighted by Crippen LogP contribution is -2.22. The standard InChI is InChI=1S/C14H17FO6S/c1-11-3-5-13(6-4-11)22(17,18)21-10-12(9-15)20-8-7-14(16)19-2/h3-8,12H,9-10H2,1-2H3. The monoisotopic (exact) mass is 332 g/mol. The Morgan fingerprint density at radius 1 is 1.32 bits per heavy atom. The average molecular weight is 332 g/mol. The molecule has 0 saturated carbocycles. The second kappa shape index (κ2) is 8.50. The van der Waals surface area contributed by atoms with Gasteiger partial charge in [-0.05, 0) is 19.1 Å². The van der Waals surface area contributed by atoms with Crippen LogP contribution in [0.3, 0.4) is 0 Å². The molecule has 0 radical (unpaired) electrons. The Kier molecular flexibility index (Phi) is 7.00. The van der Waals surface area contributed by atoms with Gasteiger partial charge < -0.3 is 9.47 Å². The van der Waals surface area contributed by atoms with Crippen molar-refractivity contribution in [3.63, 3.8) is 0 Å². The maximum atomic E-state index is 12.7. The lowest BCUT2D eigenvalue weighted by Gasteiger charge is -2.13. The molecule has 0 bridgehead atoms. The van der Waals surface area contributed by atoms with Crippen molar-refractivity contribution in [2.24, 2.45) is 0 Å². The fraction of sp³-hybridized carbons (Fsp3) is 0.357. The molecule has 0 aliphatic rings. The molecule has 0 aliphatic heterocycles. The van der Waals surface area contributed by atoms with Crippen LogP contribution in [0.1, 0.15) is 5.56 Å². The van der Waals surface area contributed by atoms with Gasteiger partial charge >= 0.3 is 5.97 Å². The molecule has 0 saturated heterocycles. The number of esters is 1. The van der Waals surface area contributed by atoms with Crippen LogP contribution < -0.4 is 0 Å². The number of hydrogen-bond acceptors (Lipinski definition) is 6. The summed E-state index contributed by atoms with van der Waals surface area (Å²) in [6.45, 7) is 0.324. The topological polar surface area (TPSA) is 78.9 Å². The first-order chi connectivity index (χ1) is 10.4. The molecule has 1 rings (SSSR count). The molecule has 8 heteroatoms. The summed E-state index contributed by atoms with van der Waals surface area (Å²) in [5.41, 5.74) is 0.900. The highest BCUT2D eigenvalue weighted by molar-refractivity contribution is 7.86. The number of carbonyl (C=O) groups excluding carboxylic acids is 1. The van der Waals surface area contributed by atoms with Gasteiger partial charge in [-0.15, -0.1) is 0 Å². The lowest BCUT2D eigenvalue weighted by molar-refractivity contribution is -0.135. The SMILES string of the molecule is COC(=O)C=COC(CF)COS(=O)(=O)c1ccc(C)cc1. The number of benzene rings is 1. The van der Waals surface area contributed by atoms with E-state index >= 15 is 0 Å². The summed E-state index contributed by atoms with van der Waals surface area (Å²) in [4.78, 5) is 10.8. The summed E-state index contributed by atoms with van der Waals surface area (Å²) in [6.07, 6.45) is 0.718. The Hall–Kier alpha value is -1.93. The highest BCUT2D eigenvalue weighted by atomic mass is 32.2. The summed E-state index contributed by atoms with van der Waals surface area (Å²) in [5.74, 6) is -0.675. The van der Waals surface area contributed by atoms with E-state index in [0.29, 0.717) is 0 Å². The molecule has 0 heterocycles. The molecule has 1 aromatic rings. The second-order valence-electron chi connectivity index (χ2n) is 4.29. The van der Waals surface area contributed by atoms with Gasteiger partial charge in [-0.25, -0.2) is 9.18 Å². The van der Waals surface area contributed by atoms with E-state index in [1.165, 1.54) is 19.2 Å². The summed E-state index contributed by atoms with van der Waals surface area (Å²) in [6, 6.07) is 6.04. The Labute approximate surface area is 128 Å². The molecule has 1 aromatic carbocycles. The van der Waals surface area contributed by atoms with Crippen molar-refractivity contribution in [1.82, 2.24) is 0 Å². The Morgan fingerprint density at radius 2 is 1.95 bits per heavy atom. The van der Waals surface area contributed by atoms with Crippen molar-refractivity contribution in [1.29, 1.82) is 0 Å². The molecular weight excluding hydrogens is 315 g/mol. The van der Waals surface area contributed by atoms with Gasteiger partial charge in [-0.2, -0.15) is 8.42 Å². The van der Waals surface area contributed by atoms with Crippen molar-refractivity contribution >= 4 is 16.1 Å². The molecule has 0 spiro atoms. The van der Waals surface area contributed by atoms with Crippen LogP contribution in [0, 0.1) is 6.92 Å². The molecular formula is C14H17FO6S. The first-order valence-corrected chi connectivity index (χ1v) is 7.72. The number of carbonyl (C=O) groups is 1. The van der Waals surface area contributed by atoms with Crippen LogP contribution in [0.2, 0.25) is 0 Å². The minimum absolute atomic E-state index is 0.0270. The summed E-state index contributed by atoms with van der Waals surface area (Å²) >= 11 is 0. The highest BCUT2D eigenvalue weighted by Gasteiger charge is 2.18. The molecule has 0 N–H and O–H groups in total. The zero-order valence-corrected chi connectivity index (χ0v) is 13.0. The van der Waals surface area contributed by atoms with E-state index < -0.39 is 35.5 Å². The summed E-state index contributed by atoms with van der Waals surface area (Å²) < 4.78 is 50.5. The van der Waals surface area contributed by atoms with Crippen LogP contribution >= 0.6 is 0 Å². The van der Waals surface area contributed by atoms with Crippen LogP contribution in [0.5, 0.6) is 0 Å². The Bertz CT molecular complexity index is 609. The lowest BCUT2D eigenvalue weighted by atomic mass is 10.2. The van der Waals surface area contributed by atoms with Crippen LogP contribution in [0.15, 0.2) is 41.5 Å². The smallest absolute Gasteiger partial charge is 0.333 e. The zero-order valence-electron chi connectivity index (χ0n) is 12.2. The minimum atomic E-state index is -3.99. The molecule has 22 heavy (non-hydrogen) atoms. The normalized spacial score (nSPS) is 13.0. The van der Waals surface area contributed by atoms with E-state index in [1.54, 1.807) is 12.1 Å². The van der Waals surface area contributed by atoms with E-state index in [0.717, 1.165) is 17.9 Å². The van der Waals surface area contributed by atoms with Crippen molar-refractivity contribution in [3.05, 3.63) is 42.2 Å². The van der Waals surface area contributed by atoms with Crippen molar-refractivity contribution in [2.75, 3.05) is 20.4 Å². The van der Waals surface area contributed by atoms with Gasteiger partial charge in [0.2, 0.25) is 0 Å². The quantitative estimate of drug-likeness (QED) is 0.312. The summed E-state index contributed by atoms with van der Waals surface area (Å²) in [7, 11) is -2.81. The van der Waals surface area contributed by atoms with Crippen LogP contribution in [0.25, 0.3) is 0 Å². The number of rotatable bonds is 8. The van der Waals surface area contributed by atoms with Gasteiger partial charge in [0.15, 0.2) is 6.10 Å². The maximum Gasteiger partial charge on any atom is 0.333 e. The predicted octanol–water partition coefficient (Wildman–Crippen LogP) is 1.74. The molecule has 0 aromatic heterocycles. The first-order valence-electron chi connectivity index (χ1n) is 6.31. The largest absolute Gasteiger partial charge is 0.493 e. The number of halogens is 1. The first kappa shape index (κ1) is 18.1. The number of ether oxygens (including phenoxy) is 2. The molecule has 6 nitrogen and oxygen atoms in total. The fourth-order valence-corrected chi connectivity index (χ4v) is 2.27. The average Bonchev–Trinajstić information content (AvgIpc) is 2.50. The Balaban J connectivity index is 2.59. The number of methoxy groups -OCH3 is 1. The molecule has 0 aliphatic carbocycles. The maximum absolute atomic E-state index is 12.7. The van der Waals surface area contributed by atoms with E-state index in [4.69, 9.17) is 8.92 Å². The van der Waals surface area contributed by atoms with Gasteiger partial charge in [-0.1, -0.05) is 17.7 Å². The minimum Gasteiger partial charge on any atom is -0.493 e. The third kappa shape index (κ3) is 5.82. The molecule has 0 amide bonds. The molecule has 0 fully saturated rings. The van der Waals surface area contributed by atoms with E-state index in [9.17, 15) is 17.6 Å². The fourth-order valence-electron chi connectivity index (χ4n) is 1.33. The van der Waals surface area contributed by atoms with Gasteiger partial charge in [0.05, 0.1) is 24.3 Å². The number of alkyl halides is 1. The summed E-state index contributed by atoms with van der Waals surface area (Å²) in [5, 5.41) is 0. The van der Waals surface area contributed by atoms with Gasteiger partial charge in [0.25, 0.3) is 10.1 Å². The Morgan fingerprint density at radius 3 is 2.50 bits per heavy atom. The molecule has 1 atom stereocenters. The number of aryl methyl sites for hydroxylation is 1. The molecule has 122 valence electrons. The van der Waals surface area contributed by atoms with Crippen LogP contribution in [-0.4, -0.2) is 40.9 Å². The number of hydrogen-bond donors (Lipinski definition) is 0. The van der Waals surface area contributed by atoms with Crippen LogP contribution in [0.4, 0.5) is 4.39 Å². The second-order valence-corrected chi connectivity index (χ2v) is 5.91. The highest BCUT2D eigenvalue weighted by Crippen LogP contribution is 2.14. The van der Waals surface area contributed by atoms with Gasteiger partial charge in [0, 0.05) is 0 Å². The van der Waals surface area contributed by atoms with E-state index in [2.05, 4.69) is 4.74 Å². The predicted molar refractivity (Wildman–Crippen MR) is 76.3 cm³/mol. The van der Waals surface area contributed by atoms with Gasteiger partial charge in [-0.3, -0.25) is 4.18 Å². The van der Waals surface area contributed by atoms with E-state index in [-0.39, 0.29) is 4.90 Å². The third-order valence-corrected chi connectivity index (χ3v) is 3.86. The zero-order chi connectivity index (χ0) is 16.6. The van der Waals surface area contributed by atoms with E-state index in [1.807, 2.05) is 6.92 Å². The molecule has 1 unspecified atom stereocenters.